The van der Waals surface area contributed by atoms with Crippen molar-refractivity contribution in [1.82, 2.24) is 9.97 Å². The van der Waals surface area contributed by atoms with Crippen molar-refractivity contribution in [3.05, 3.63) is 36.0 Å². The van der Waals surface area contributed by atoms with Crippen molar-refractivity contribution in [2.24, 2.45) is 0 Å². The molecule has 2 rings (SSSR count). The molecule has 0 fully saturated rings. The van der Waals surface area contributed by atoms with Gasteiger partial charge in [-0.1, -0.05) is 0 Å². The number of anilines is 1. The zero-order valence-electron chi connectivity index (χ0n) is 11.9. The molecule has 2 aromatic rings. The van der Waals surface area contributed by atoms with E-state index in [4.69, 9.17) is 9.15 Å². The lowest BCUT2D eigenvalue weighted by molar-refractivity contribution is 0.0467. The van der Waals surface area contributed by atoms with Gasteiger partial charge in [-0.2, -0.15) is 0 Å². The van der Waals surface area contributed by atoms with Gasteiger partial charge in [0.05, 0.1) is 13.2 Å². The Morgan fingerprint density at radius 2 is 2.20 bits per heavy atom. The van der Waals surface area contributed by atoms with Gasteiger partial charge in [-0.3, -0.25) is 0 Å². The molecular weight excluding hydrogens is 258 g/mol. The van der Waals surface area contributed by atoms with Crippen LogP contribution in [0.2, 0.25) is 0 Å². The highest BCUT2D eigenvalue weighted by atomic mass is 16.5. The first kappa shape index (κ1) is 14.3. The van der Waals surface area contributed by atoms with Crippen LogP contribution < -0.4 is 10.1 Å². The second-order valence-electron chi connectivity index (χ2n) is 4.71. The van der Waals surface area contributed by atoms with Crippen LogP contribution in [-0.4, -0.2) is 28.2 Å². The topological polar surface area (TPSA) is 80.4 Å². The Bertz CT molecular complexity index is 566. The first-order valence-corrected chi connectivity index (χ1v) is 6.49. The second kappa shape index (κ2) is 5.92. The van der Waals surface area contributed by atoms with E-state index >= 15 is 0 Å². The minimum Gasteiger partial charge on any atom is -0.478 e. The highest BCUT2D eigenvalue weighted by Crippen LogP contribution is 2.23. The Kier molecular flexibility index (Phi) is 4.24. The van der Waals surface area contributed by atoms with Crippen LogP contribution in [0.4, 0.5) is 5.82 Å². The van der Waals surface area contributed by atoms with E-state index in [1.54, 1.807) is 19.1 Å². The molecule has 2 heterocycles. The molecule has 0 radical (unpaired) electrons. The normalized spacial score (nSPS) is 13.8. The maximum Gasteiger partial charge on any atom is 0.218 e. The number of furan rings is 1. The molecule has 0 bridgehead atoms. The van der Waals surface area contributed by atoms with Gasteiger partial charge in [-0.25, -0.2) is 9.97 Å². The number of ether oxygens (including phenoxy) is 1. The van der Waals surface area contributed by atoms with Gasteiger partial charge in [0.25, 0.3) is 0 Å². The third-order valence-electron chi connectivity index (χ3n) is 2.82. The van der Waals surface area contributed by atoms with Crippen LogP contribution in [0.1, 0.15) is 25.4 Å². The molecule has 0 aliphatic heterocycles. The standard InChI is InChI=1S/C14H19N3O3/c1-4-19-13-7-12(16-9-17-13)15-8-14(3,18)11-6-5-10(2)20-11/h5-7,9,18H,4,8H2,1-3H3,(H,15,16,17). The molecule has 0 amide bonds. The molecular formula is C14H19N3O3. The predicted molar refractivity (Wildman–Crippen MR) is 74.7 cm³/mol. The third-order valence-corrected chi connectivity index (χ3v) is 2.82. The van der Waals surface area contributed by atoms with Crippen LogP contribution in [0, 0.1) is 6.92 Å². The fourth-order valence-electron chi connectivity index (χ4n) is 1.74. The van der Waals surface area contributed by atoms with Crippen LogP contribution in [-0.2, 0) is 5.60 Å². The molecule has 1 atom stereocenters. The molecule has 0 spiro atoms. The van der Waals surface area contributed by atoms with Crippen molar-refractivity contribution in [3.8, 4) is 5.88 Å². The van der Waals surface area contributed by atoms with Gasteiger partial charge in [0, 0.05) is 6.07 Å². The molecule has 0 aliphatic carbocycles. The minimum absolute atomic E-state index is 0.266. The maximum absolute atomic E-state index is 10.4. The lowest BCUT2D eigenvalue weighted by Gasteiger charge is -2.21. The van der Waals surface area contributed by atoms with Crippen molar-refractivity contribution >= 4 is 5.82 Å². The van der Waals surface area contributed by atoms with Crippen molar-refractivity contribution in [2.75, 3.05) is 18.5 Å². The summed E-state index contributed by atoms with van der Waals surface area (Å²) < 4.78 is 10.7. The van der Waals surface area contributed by atoms with Crippen molar-refractivity contribution < 1.29 is 14.3 Å². The van der Waals surface area contributed by atoms with Gasteiger partial charge >= 0.3 is 0 Å². The average Bonchev–Trinajstić information content (AvgIpc) is 2.85. The fraction of sp³-hybridized carbons (Fsp3) is 0.429. The van der Waals surface area contributed by atoms with Crippen LogP contribution in [0.15, 0.2) is 28.9 Å². The van der Waals surface area contributed by atoms with E-state index in [1.165, 1.54) is 6.33 Å². The van der Waals surface area contributed by atoms with Gasteiger partial charge < -0.3 is 19.6 Å². The molecule has 6 nitrogen and oxygen atoms in total. The van der Waals surface area contributed by atoms with Gasteiger partial charge in [0.1, 0.15) is 29.3 Å². The summed E-state index contributed by atoms with van der Waals surface area (Å²) >= 11 is 0. The molecule has 0 aliphatic rings. The summed E-state index contributed by atoms with van der Waals surface area (Å²) in [6.45, 7) is 6.22. The number of nitrogens with zero attached hydrogens (tertiary/aromatic N) is 2. The molecule has 0 aromatic carbocycles. The lowest BCUT2D eigenvalue weighted by atomic mass is 10.0. The van der Waals surface area contributed by atoms with Crippen LogP contribution in [0.5, 0.6) is 5.88 Å². The van der Waals surface area contributed by atoms with Crippen molar-refractivity contribution in [2.45, 2.75) is 26.4 Å². The van der Waals surface area contributed by atoms with E-state index < -0.39 is 5.60 Å². The number of rotatable bonds is 6. The number of hydrogen-bond donors (Lipinski definition) is 2. The summed E-state index contributed by atoms with van der Waals surface area (Å²) in [7, 11) is 0. The first-order valence-electron chi connectivity index (χ1n) is 6.49. The Labute approximate surface area is 117 Å². The Balaban J connectivity index is 2.02. The van der Waals surface area contributed by atoms with Gasteiger partial charge in [0.15, 0.2) is 0 Å². The summed E-state index contributed by atoms with van der Waals surface area (Å²) in [5.41, 5.74) is -1.12. The summed E-state index contributed by atoms with van der Waals surface area (Å²) in [5.74, 6) is 2.37. The van der Waals surface area contributed by atoms with Gasteiger partial charge in [-0.05, 0) is 32.9 Å². The van der Waals surface area contributed by atoms with Crippen molar-refractivity contribution in [3.63, 3.8) is 0 Å². The minimum atomic E-state index is -1.12. The van der Waals surface area contributed by atoms with Crippen LogP contribution >= 0.6 is 0 Å². The zero-order valence-corrected chi connectivity index (χ0v) is 11.9. The van der Waals surface area contributed by atoms with E-state index in [0.29, 0.717) is 24.1 Å². The zero-order chi connectivity index (χ0) is 14.6. The Morgan fingerprint density at radius 3 is 2.85 bits per heavy atom. The summed E-state index contributed by atoms with van der Waals surface area (Å²) in [4.78, 5) is 8.06. The van der Waals surface area contributed by atoms with Gasteiger partial charge in [-0.15, -0.1) is 0 Å². The largest absolute Gasteiger partial charge is 0.478 e. The fourth-order valence-corrected chi connectivity index (χ4v) is 1.74. The number of nitrogens with one attached hydrogen (secondary N) is 1. The summed E-state index contributed by atoms with van der Waals surface area (Å²) in [6, 6.07) is 5.28. The molecule has 2 aromatic heterocycles. The predicted octanol–water partition coefficient (Wildman–Crippen LogP) is 2.10. The molecule has 1 unspecified atom stereocenters. The monoisotopic (exact) mass is 277 g/mol. The molecule has 2 N–H and O–H groups in total. The maximum atomic E-state index is 10.4. The molecule has 6 heteroatoms. The average molecular weight is 277 g/mol. The molecule has 20 heavy (non-hydrogen) atoms. The molecule has 0 saturated heterocycles. The number of aromatic nitrogens is 2. The number of hydrogen-bond acceptors (Lipinski definition) is 6. The quantitative estimate of drug-likeness (QED) is 0.841. The highest BCUT2D eigenvalue weighted by Gasteiger charge is 2.26. The van der Waals surface area contributed by atoms with E-state index in [9.17, 15) is 5.11 Å². The SMILES string of the molecule is CCOc1cc(NCC(C)(O)c2ccc(C)o2)ncn1. The first-order chi connectivity index (χ1) is 9.51. The van der Waals surface area contributed by atoms with E-state index in [-0.39, 0.29) is 6.54 Å². The van der Waals surface area contributed by atoms with Crippen molar-refractivity contribution in [1.29, 1.82) is 0 Å². The van der Waals surface area contributed by atoms with Crippen LogP contribution in [0.3, 0.4) is 0 Å². The van der Waals surface area contributed by atoms with E-state index in [2.05, 4.69) is 15.3 Å². The van der Waals surface area contributed by atoms with E-state index in [0.717, 1.165) is 5.76 Å². The molecule has 108 valence electrons. The number of aryl methyl sites for hydroxylation is 1. The number of aliphatic hydroxyl groups is 1. The second-order valence-corrected chi connectivity index (χ2v) is 4.71. The van der Waals surface area contributed by atoms with Crippen LogP contribution in [0.25, 0.3) is 0 Å². The van der Waals surface area contributed by atoms with Gasteiger partial charge in [0.2, 0.25) is 5.88 Å². The lowest BCUT2D eigenvalue weighted by Crippen LogP contribution is -2.30. The molecule has 0 saturated carbocycles. The smallest absolute Gasteiger partial charge is 0.218 e. The Morgan fingerprint density at radius 1 is 1.40 bits per heavy atom. The Hall–Kier alpha value is -2.08. The highest BCUT2D eigenvalue weighted by molar-refractivity contribution is 5.37. The van der Waals surface area contributed by atoms with E-state index in [1.807, 2.05) is 19.9 Å². The third kappa shape index (κ3) is 3.48. The summed E-state index contributed by atoms with van der Waals surface area (Å²) in [6.07, 6.45) is 1.42. The summed E-state index contributed by atoms with van der Waals surface area (Å²) in [5, 5.41) is 13.5.